The van der Waals surface area contributed by atoms with Crippen molar-refractivity contribution in [3.63, 3.8) is 0 Å². The van der Waals surface area contributed by atoms with Gasteiger partial charge in [-0.05, 0) is 17.5 Å². The summed E-state index contributed by atoms with van der Waals surface area (Å²) in [5.41, 5.74) is 2.36. The Kier molecular flexibility index (Phi) is 3.69. The summed E-state index contributed by atoms with van der Waals surface area (Å²) in [5.74, 6) is 0.341. The SMILES string of the molecule is O=C(C[C@@H]1OCCc2ccccc21)Nc1cnccn1. The number of amides is 1. The van der Waals surface area contributed by atoms with E-state index in [1.807, 2.05) is 18.2 Å². The Balaban J connectivity index is 1.68. The van der Waals surface area contributed by atoms with Gasteiger partial charge in [0.2, 0.25) is 5.91 Å². The van der Waals surface area contributed by atoms with E-state index in [0.29, 0.717) is 12.4 Å². The molecule has 0 saturated carbocycles. The molecule has 20 heavy (non-hydrogen) atoms. The summed E-state index contributed by atoms with van der Waals surface area (Å²) in [7, 11) is 0. The van der Waals surface area contributed by atoms with Crippen LogP contribution in [0.1, 0.15) is 23.7 Å². The minimum absolute atomic E-state index is 0.118. The topological polar surface area (TPSA) is 64.1 Å². The fraction of sp³-hybridized carbons (Fsp3) is 0.267. The predicted octanol–water partition coefficient (Wildman–Crippen LogP) is 2.12. The zero-order valence-corrected chi connectivity index (χ0v) is 11.0. The van der Waals surface area contributed by atoms with Crippen molar-refractivity contribution in [2.45, 2.75) is 18.9 Å². The number of carbonyl (C=O) groups is 1. The molecule has 0 unspecified atom stereocenters. The van der Waals surface area contributed by atoms with Gasteiger partial charge in [-0.3, -0.25) is 9.78 Å². The molecule has 102 valence electrons. The Hall–Kier alpha value is -2.27. The van der Waals surface area contributed by atoms with E-state index in [1.165, 1.54) is 11.8 Å². The summed E-state index contributed by atoms with van der Waals surface area (Å²) >= 11 is 0. The number of benzene rings is 1. The molecule has 1 aliphatic rings. The van der Waals surface area contributed by atoms with E-state index >= 15 is 0 Å². The molecule has 0 saturated heterocycles. The Morgan fingerprint density at radius 3 is 3.10 bits per heavy atom. The first kappa shape index (κ1) is 12.7. The van der Waals surface area contributed by atoms with Gasteiger partial charge in [0.15, 0.2) is 5.82 Å². The molecule has 0 spiro atoms. The zero-order valence-electron chi connectivity index (χ0n) is 11.0. The number of rotatable bonds is 3. The lowest BCUT2D eigenvalue weighted by atomic mass is 9.96. The number of aromatic nitrogens is 2. The molecular formula is C15H15N3O2. The molecule has 2 aromatic rings. The van der Waals surface area contributed by atoms with Crippen molar-refractivity contribution in [3.8, 4) is 0 Å². The highest BCUT2D eigenvalue weighted by atomic mass is 16.5. The third-order valence-electron chi connectivity index (χ3n) is 3.29. The van der Waals surface area contributed by atoms with E-state index < -0.39 is 0 Å². The fourth-order valence-corrected chi connectivity index (χ4v) is 2.37. The van der Waals surface area contributed by atoms with E-state index in [0.717, 1.165) is 12.0 Å². The van der Waals surface area contributed by atoms with Gasteiger partial charge in [0, 0.05) is 12.4 Å². The first-order valence-electron chi connectivity index (χ1n) is 6.58. The van der Waals surface area contributed by atoms with Crippen LogP contribution < -0.4 is 5.32 Å². The second-order valence-electron chi connectivity index (χ2n) is 4.65. The number of nitrogens with one attached hydrogen (secondary N) is 1. The molecule has 5 nitrogen and oxygen atoms in total. The summed E-state index contributed by atoms with van der Waals surface area (Å²) in [6.45, 7) is 0.653. The molecule has 0 aliphatic carbocycles. The second kappa shape index (κ2) is 5.79. The average molecular weight is 269 g/mol. The molecule has 2 heterocycles. The number of fused-ring (bicyclic) bond motifs is 1. The molecular weight excluding hydrogens is 254 g/mol. The number of hydrogen-bond acceptors (Lipinski definition) is 4. The monoisotopic (exact) mass is 269 g/mol. The van der Waals surface area contributed by atoms with E-state index in [-0.39, 0.29) is 18.4 Å². The molecule has 0 bridgehead atoms. The van der Waals surface area contributed by atoms with Crippen LogP contribution in [0.2, 0.25) is 0 Å². The zero-order chi connectivity index (χ0) is 13.8. The standard InChI is InChI=1S/C15H15N3O2/c19-15(18-14-10-16-6-7-17-14)9-13-12-4-2-1-3-11(12)5-8-20-13/h1-4,6-7,10,13H,5,8-9H2,(H,17,18,19)/t13-/m0/s1. The van der Waals surface area contributed by atoms with Gasteiger partial charge in [0.05, 0.1) is 25.3 Å². The average Bonchev–Trinajstić information content (AvgIpc) is 2.48. The van der Waals surface area contributed by atoms with Gasteiger partial charge < -0.3 is 10.1 Å². The number of nitrogens with zero attached hydrogens (tertiary/aromatic N) is 2. The van der Waals surface area contributed by atoms with Crippen LogP contribution in [0.5, 0.6) is 0 Å². The highest BCUT2D eigenvalue weighted by Crippen LogP contribution is 2.29. The lowest BCUT2D eigenvalue weighted by Crippen LogP contribution is -2.22. The summed E-state index contributed by atoms with van der Waals surface area (Å²) in [6.07, 6.45) is 5.63. The molecule has 3 rings (SSSR count). The van der Waals surface area contributed by atoms with Crippen LogP contribution in [-0.4, -0.2) is 22.5 Å². The van der Waals surface area contributed by atoms with Gasteiger partial charge in [-0.2, -0.15) is 0 Å². The number of carbonyl (C=O) groups excluding carboxylic acids is 1. The predicted molar refractivity (Wildman–Crippen MR) is 74.1 cm³/mol. The maximum atomic E-state index is 12.0. The summed E-state index contributed by atoms with van der Waals surface area (Å²) in [4.78, 5) is 20.0. The van der Waals surface area contributed by atoms with Crippen LogP contribution in [-0.2, 0) is 16.0 Å². The lowest BCUT2D eigenvalue weighted by molar-refractivity contribution is -0.119. The Labute approximate surface area is 117 Å². The quantitative estimate of drug-likeness (QED) is 0.927. The first-order valence-corrected chi connectivity index (χ1v) is 6.58. The van der Waals surface area contributed by atoms with E-state index in [9.17, 15) is 4.79 Å². The Morgan fingerprint density at radius 1 is 1.35 bits per heavy atom. The molecule has 0 fully saturated rings. The maximum Gasteiger partial charge on any atom is 0.228 e. The van der Waals surface area contributed by atoms with Crippen molar-refractivity contribution < 1.29 is 9.53 Å². The Morgan fingerprint density at radius 2 is 2.25 bits per heavy atom. The van der Waals surface area contributed by atoms with Gasteiger partial charge in [0.1, 0.15) is 0 Å². The molecule has 1 aromatic heterocycles. The summed E-state index contributed by atoms with van der Waals surface area (Å²) < 4.78 is 5.72. The lowest BCUT2D eigenvalue weighted by Gasteiger charge is -2.25. The molecule has 5 heteroatoms. The molecule has 1 N–H and O–H groups in total. The summed E-state index contributed by atoms with van der Waals surface area (Å²) in [6, 6.07) is 8.10. The normalized spacial score (nSPS) is 17.3. The highest BCUT2D eigenvalue weighted by Gasteiger charge is 2.23. The van der Waals surface area contributed by atoms with Crippen molar-refractivity contribution in [2.75, 3.05) is 11.9 Å². The highest BCUT2D eigenvalue weighted by molar-refractivity contribution is 5.90. The van der Waals surface area contributed by atoms with Crippen LogP contribution in [0.15, 0.2) is 42.9 Å². The molecule has 1 atom stereocenters. The van der Waals surface area contributed by atoms with Gasteiger partial charge in [-0.25, -0.2) is 4.98 Å². The number of anilines is 1. The van der Waals surface area contributed by atoms with Gasteiger partial charge >= 0.3 is 0 Å². The third-order valence-corrected chi connectivity index (χ3v) is 3.29. The van der Waals surface area contributed by atoms with Crippen LogP contribution in [0.4, 0.5) is 5.82 Å². The minimum atomic E-state index is -0.184. The van der Waals surface area contributed by atoms with Crippen LogP contribution in [0.25, 0.3) is 0 Å². The first-order chi connectivity index (χ1) is 9.83. The van der Waals surface area contributed by atoms with E-state index in [4.69, 9.17) is 4.74 Å². The minimum Gasteiger partial charge on any atom is -0.373 e. The van der Waals surface area contributed by atoms with Crippen LogP contribution >= 0.6 is 0 Å². The van der Waals surface area contributed by atoms with Gasteiger partial charge in [-0.1, -0.05) is 24.3 Å². The molecule has 1 amide bonds. The number of ether oxygens (including phenoxy) is 1. The Bertz CT molecular complexity index is 601. The van der Waals surface area contributed by atoms with Crippen molar-refractivity contribution in [3.05, 3.63) is 54.0 Å². The van der Waals surface area contributed by atoms with Crippen LogP contribution in [0.3, 0.4) is 0 Å². The number of hydrogen-bond donors (Lipinski definition) is 1. The van der Waals surface area contributed by atoms with E-state index in [2.05, 4.69) is 21.4 Å². The van der Waals surface area contributed by atoms with E-state index in [1.54, 1.807) is 12.4 Å². The molecule has 1 aromatic carbocycles. The van der Waals surface area contributed by atoms with Crippen molar-refractivity contribution >= 4 is 11.7 Å². The smallest absolute Gasteiger partial charge is 0.228 e. The van der Waals surface area contributed by atoms with Crippen LogP contribution in [0, 0.1) is 0 Å². The molecule has 1 aliphatic heterocycles. The second-order valence-corrected chi connectivity index (χ2v) is 4.65. The van der Waals surface area contributed by atoms with Crippen molar-refractivity contribution in [1.82, 2.24) is 9.97 Å². The van der Waals surface area contributed by atoms with Gasteiger partial charge in [-0.15, -0.1) is 0 Å². The van der Waals surface area contributed by atoms with Gasteiger partial charge in [0.25, 0.3) is 0 Å². The maximum absolute atomic E-state index is 12.0. The summed E-state index contributed by atoms with van der Waals surface area (Å²) in [5, 5.41) is 2.73. The third kappa shape index (κ3) is 2.83. The molecule has 0 radical (unpaired) electrons. The van der Waals surface area contributed by atoms with Crippen molar-refractivity contribution in [1.29, 1.82) is 0 Å². The van der Waals surface area contributed by atoms with Crippen molar-refractivity contribution in [2.24, 2.45) is 0 Å². The fourth-order valence-electron chi connectivity index (χ4n) is 2.37. The largest absolute Gasteiger partial charge is 0.373 e.